The van der Waals surface area contributed by atoms with Gasteiger partial charge in [-0.2, -0.15) is 0 Å². The second-order valence-corrected chi connectivity index (χ2v) is 7.61. The lowest BCUT2D eigenvalue weighted by Crippen LogP contribution is -2.47. The summed E-state index contributed by atoms with van der Waals surface area (Å²) in [5.74, 6) is 0.848. The zero-order chi connectivity index (χ0) is 20.9. The summed E-state index contributed by atoms with van der Waals surface area (Å²) in [6.07, 6.45) is 1.05. The molecule has 2 N–H and O–H groups in total. The molecule has 0 radical (unpaired) electrons. The van der Waals surface area contributed by atoms with E-state index in [-0.39, 0.29) is 0 Å². The quantitative estimate of drug-likeness (QED) is 0.331. The van der Waals surface area contributed by atoms with Crippen LogP contribution in [0.4, 0.5) is 0 Å². The third-order valence-electron chi connectivity index (χ3n) is 5.27. The summed E-state index contributed by atoms with van der Waals surface area (Å²) in [7, 11) is 5.71. The first-order valence-corrected chi connectivity index (χ1v) is 10.6. The van der Waals surface area contributed by atoms with E-state index in [2.05, 4.69) is 63.7 Å². The van der Waals surface area contributed by atoms with Crippen molar-refractivity contribution in [2.75, 3.05) is 80.3 Å². The van der Waals surface area contributed by atoms with Gasteiger partial charge in [-0.05, 0) is 26.0 Å². The van der Waals surface area contributed by atoms with Crippen molar-refractivity contribution in [3.63, 3.8) is 0 Å². The largest absolute Gasteiger partial charge is 0.385 e. The number of likely N-dealkylation sites (N-methyl/N-ethyl adjacent to an activating group) is 1. The molecule has 0 aliphatic carbocycles. The van der Waals surface area contributed by atoms with Crippen LogP contribution in [0.2, 0.25) is 0 Å². The number of morpholine rings is 1. The van der Waals surface area contributed by atoms with Crippen LogP contribution < -0.4 is 10.6 Å². The lowest BCUT2D eigenvalue weighted by Gasteiger charge is -2.35. The Kier molecular flexibility index (Phi) is 11.0. The second-order valence-electron chi connectivity index (χ2n) is 7.61. The van der Waals surface area contributed by atoms with Crippen LogP contribution in [0.25, 0.3) is 0 Å². The minimum absolute atomic E-state index is 0.300. The van der Waals surface area contributed by atoms with E-state index in [0.29, 0.717) is 6.04 Å². The van der Waals surface area contributed by atoms with Gasteiger partial charge in [-0.1, -0.05) is 29.8 Å². The normalized spacial score (nSPS) is 16.8. The minimum atomic E-state index is 0.300. The second kappa shape index (κ2) is 13.5. The van der Waals surface area contributed by atoms with Crippen molar-refractivity contribution >= 4 is 5.96 Å². The van der Waals surface area contributed by atoms with E-state index in [9.17, 15) is 0 Å². The van der Waals surface area contributed by atoms with Gasteiger partial charge in [0.15, 0.2) is 5.96 Å². The van der Waals surface area contributed by atoms with E-state index in [1.807, 2.05) is 7.05 Å². The van der Waals surface area contributed by atoms with Crippen LogP contribution in [0.5, 0.6) is 0 Å². The van der Waals surface area contributed by atoms with E-state index in [1.54, 1.807) is 7.11 Å². The van der Waals surface area contributed by atoms with Gasteiger partial charge >= 0.3 is 0 Å². The highest BCUT2D eigenvalue weighted by atomic mass is 16.5. The van der Waals surface area contributed by atoms with Gasteiger partial charge < -0.3 is 25.0 Å². The van der Waals surface area contributed by atoms with Crippen molar-refractivity contribution in [1.82, 2.24) is 20.4 Å². The van der Waals surface area contributed by atoms with Crippen LogP contribution in [0, 0.1) is 6.92 Å². The molecule has 1 aliphatic rings. The number of rotatable bonds is 11. The molecule has 1 heterocycles. The Hall–Kier alpha value is -1.67. The molecule has 2 rings (SSSR count). The highest BCUT2D eigenvalue weighted by molar-refractivity contribution is 5.79. The van der Waals surface area contributed by atoms with Crippen LogP contribution >= 0.6 is 0 Å². The van der Waals surface area contributed by atoms with Crippen molar-refractivity contribution < 1.29 is 9.47 Å². The number of methoxy groups -OCH3 is 1. The van der Waals surface area contributed by atoms with Gasteiger partial charge in [0, 0.05) is 60.0 Å². The van der Waals surface area contributed by atoms with Gasteiger partial charge in [0.2, 0.25) is 0 Å². The molecule has 7 nitrogen and oxygen atoms in total. The Balaban J connectivity index is 1.86. The lowest BCUT2D eigenvalue weighted by molar-refractivity contribution is 0.0170. The molecule has 1 atom stereocenters. The number of aliphatic imine (C=N–C) groups is 1. The van der Waals surface area contributed by atoms with Crippen LogP contribution in [0.1, 0.15) is 23.6 Å². The maximum absolute atomic E-state index is 5.56. The van der Waals surface area contributed by atoms with Crippen molar-refractivity contribution in [2.45, 2.75) is 19.4 Å². The fourth-order valence-electron chi connectivity index (χ4n) is 3.59. The Labute approximate surface area is 176 Å². The maximum Gasteiger partial charge on any atom is 0.191 e. The summed E-state index contributed by atoms with van der Waals surface area (Å²) in [5, 5.41) is 6.96. The molecule has 1 aromatic rings. The van der Waals surface area contributed by atoms with Crippen LogP contribution in [-0.4, -0.2) is 96.1 Å². The fourth-order valence-corrected chi connectivity index (χ4v) is 3.59. The monoisotopic (exact) mass is 405 g/mol. The molecule has 1 aromatic carbocycles. The summed E-state index contributed by atoms with van der Waals surface area (Å²) in [4.78, 5) is 9.21. The van der Waals surface area contributed by atoms with E-state index < -0.39 is 0 Å². The molecular formula is C22H39N5O2. The zero-order valence-corrected chi connectivity index (χ0v) is 18.6. The van der Waals surface area contributed by atoms with Gasteiger partial charge in [0.1, 0.15) is 0 Å². The Morgan fingerprint density at radius 1 is 1.28 bits per heavy atom. The molecule has 1 saturated heterocycles. The molecule has 0 spiro atoms. The summed E-state index contributed by atoms with van der Waals surface area (Å²) < 4.78 is 10.7. The summed E-state index contributed by atoms with van der Waals surface area (Å²) in [6.45, 7) is 10.1. The van der Waals surface area contributed by atoms with Crippen LogP contribution in [-0.2, 0) is 9.47 Å². The molecule has 1 aliphatic heterocycles. The smallest absolute Gasteiger partial charge is 0.191 e. The van der Waals surface area contributed by atoms with Crippen LogP contribution in [0.3, 0.4) is 0 Å². The number of hydrogen-bond donors (Lipinski definition) is 2. The standard InChI is InChI=1S/C22H39N5O2/c1-19-7-5-8-20(17-19)21(27-12-15-29-16-13-27)18-25-22(23-2)24-9-11-26(3)10-6-14-28-4/h5,7-8,17,21H,6,9-16,18H2,1-4H3,(H2,23,24,25). The van der Waals surface area contributed by atoms with Gasteiger partial charge in [-0.15, -0.1) is 0 Å². The first-order chi connectivity index (χ1) is 14.1. The van der Waals surface area contributed by atoms with Crippen molar-refractivity contribution in [2.24, 2.45) is 4.99 Å². The molecule has 7 heteroatoms. The molecule has 0 aromatic heterocycles. The Bertz CT molecular complexity index is 605. The van der Waals surface area contributed by atoms with Gasteiger partial charge in [0.25, 0.3) is 0 Å². The molecular weight excluding hydrogens is 366 g/mol. The summed E-state index contributed by atoms with van der Waals surface area (Å²) in [6, 6.07) is 9.10. The van der Waals surface area contributed by atoms with Crippen molar-refractivity contribution in [3.05, 3.63) is 35.4 Å². The predicted octanol–water partition coefficient (Wildman–Crippen LogP) is 1.50. The number of nitrogens with zero attached hydrogens (tertiary/aromatic N) is 3. The maximum atomic E-state index is 5.56. The van der Waals surface area contributed by atoms with E-state index >= 15 is 0 Å². The Morgan fingerprint density at radius 2 is 2.07 bits per heavy atom. The van der Waals surface area contributed by atoms with Gasteiger partial charge in [0.05, 0.1) is 19.3 Å². The molecule has 1 unspecified atom stereocenters. The topological polar surface area (TPSA) is 61.4 Å². The molecule has 0 bridgehead atoms. The number of benzene rings is 1. The van der Waals surface area contributed by atoms with Gasteiger partial charge in [-0.25, -0.2) is 0 Å². The van der Waals surface area contributed by atoms with E-state index in [0.717, 1.165) is 71.5 Å². The molecule has 1 fully saturated rings. The van der Waals surface area contributed by atoms with Crippen molar-refractivity contribution in [3.8, 4) is 0 Å². The van der Waals surface area contributed by atoms with Crippen molar-refractivity contribution in [1.29, 1.82) is 0 Å². The Morgan fingerprint density at radius 3 is 2.76 bits per heavy atom. The third-order valence-corrected chi connectivity index (χ3v) is 5.27. The number of nitrogens with one attached hydrogen (secondary N) is 2. The average Bonchev–Trinajstić information content (AvgIpc) is 2.73. The average molecular weight is 406 g/mol. The highest BCUT2D eigenvalue weighted by Gasteiger charge is 2.23. The lowest BCUT2D eigenvalue weighted by atomic mass is 10.0. The number of ether oxygens (including phenoxy) is 2. The highest BCUT2D eigenvalue weighted by Crippen LogP contribution is 2.22. The number of aryl methyl sites for hydroxylation is 1. The molecule has 29 heavy (non-hydrogen) atoms. The van der Waals surface area contributed by atoms with E-state index in [1.165, 1.54) is 11.1 Å². The fraction of sp³-hybridized carbons (Fsp3) is 0.682. The SMILES string of the molecule is CN=C(NCCN(C)CCCOC)NCC(c1cccc(C)c1)N1CCOCC1. The minimum Gasteiger partial charge on any atom is -0.385 e. The predicted molar refractivity (Wildman–Crippen MR) is 120 cm³/mol. The van der Waals surface area contributed by atoms with E-state index in [4.69, 9.17) is 9.47 Å². The van der Waals surface area contributed by atoms with Crippen LogP contribution in [0.15, 0.2) is 29.3 Å². The number of guanidine groups is 1. The molecule has 0 saturated carbocycles. The molecule has 0 amide bonds. The van der Waals surface area contributed by atoms with Gasteiger partial charge in [-0.3, -0.25) is 9.89 Å². The first kappa shape index (κ1) is 23.6. The molecule has 164 valence electrons. The number of hydrogen-bond acceptors (Lipinski definition) is 5. The third kappa shape index (κ3) is 8.70. The zero-order valence-electron chi connectivity index (χ0n) is 18.6. The summed E-state index contributed by atoms with van der Waals surface area (Å²) in [5.41, 5.74) is 2.63. The summed E-state index contributed by atoms with van der Waals surface area (Å²) >= 11 is 0. The first-order valence-electron chi connectivity index (χ1n) is 10.6.